The fourth-order valence-corrected chi connectivity index (χ4v) is 3.29. The lowest BCUT2D eigenvalue weighted by molar-refractivity contribution is -0.141. The van der Waals surface area contributed by atoms with Crippen molar-refractivity contribution in [1.29, 1.82) is 0 Å². The molecule has 0 aliphatic carbocycles. The third kappa shape index (κ3) is 8.53. The minimum atomic E-state index is -1.20. The van der Waals surface area contributed by atoms with E-state index in [1.165, 1.54) is 6.92 Å². The zero-order valence-corrected chi connectivity index (χ0v) is 19.7. The zero-order chi connectivity index (χ0) is 25.1. The molecule has 0 bridgehead atoms. The molecule has 2 rings (SSSR count). The average molecular weight is 487 g/mol. The van der Waals surface area contributed by atoms with E-state index in [9.17, 15) is 19.2 Å². The summed E-state index contributed by atoms with van der Waals surface area (Å²) >= 11 is 4.03. The van der Waals surface area contributed by atoms with Crippen molar-refractivity contribution in [3.05, 3.63) is 71.8 Å². The number of rotatable bonds is 12. The summed E-state index contributed by atoms with van der Waals surface area (Å²) in [5.41, 5.74) is 7.32. The number of thiol groups is 1. The maximum Gasteiger partial charge on any atom is 0.325 e. The molecule has 0 aliphatic rings. The number of hydrogen-bond acceptors (Lipinski definition) is 6. The van der Waals surface area contributed by atoms with E-state index in [-0.39, 0.29) is 18.6 Å². The predicted molar refractivity (Wildman–Crippen MR) is 131 cm³/mol. The Morgan fingerprint density at radius 2 is 1.21 bits per heavy atom. The van der Waals surface area contributed by atoms with Crippen LogP contribution in [0.4, 0.5) is 0 Å². The van der Waals surface area contributed by atoms with Gasteiger partial charge in [-0.1, -0.05) is 60.7 Å². The molecule has 182 valence electrons. The maximum absolute atomic E-state index is 13.2. The highest BCUT2D eigenvalue weighted by molar-refractivity contribution is 7.80. The molecule has 0 heterocycles. The Hall–Kier alpha value is -3.37. The van der Waals surface area contributed by atoms with E-state index in [2.05, 4.69) is 28.6 Å². The molecule has 0 aliphatic heterocycles. The topological polar surface area (TPSA) is 151 Å². The number of nitrogens with one attached hydrogen (secondary N) is 3. The number of carbonyl (C=O) groups is 4. The van der Waals surface area contributed by atoms with Crippen LogP contribution >= 0.6 is 12.6 Å². The molecule has 2 aromatic rings. The van der Waals surface area contributed by atoms with Crippen LogP contribution in [0.25, 0.3) is 0 Å². The number of nitrogens with two attached hydrogens (primary N) is 1. The van der Waals surface area contributed by atoms with Crippen LogP contribution < -0.4 is 21.7 Å². The number of amides is 3. The van der Waals surface area contributed by atoms with Crippen LogP contribution in [0.15, 0.2) is 60.7 Å². The molecule has 3 amide bonds. The predicted octanol–water partition coefficient (Wildman–Crippen LogP) is 0.288. The van der Waals surface area contributed by atoms with Gasteiger partial charge in [-0.15, -0.1) is 0 Å². The Kier molecular flexibility index (Phi) is 10.6. The molecule has 10 heteroatoms. The number of benzene rings is 2. The fourth-order valence-electron chi connectivity index (χ4n) is 3.13. The van der Waals surface area contributed by atoms with Gasteiger partial charge in [0.1, 0.15) is 18.1 Å². The van der Waals surface area contributed by atoms with Gasteiger partial charge in [0.05, 0.1) is 6.04 Å². The summed E-state index contributed by atoms with van der Waals surface area (Å²) in [7, 11) is 0. The Labute approximate surface area is 203 Å². The highest BCUT2D eigenvalue weighted by Crippen LogP contribution is 2.08. The molecule has 0 spiro atoms. The fraction of sp³-hybridized carbons (Fsp3) is 0.333. The smallest absolute Gasteiger partial charge is 0.325 e. The number of carboxylic acid groups (broad SMARTS) is 1. The molecule has 2 aromatic carbocycles. The van der Waals surface area contributed by atoms with Gasteiger partial charge < -0.3 is 26.8 Å². The van der Waals surface area contributed by atoms with Gasteiger partial charge in [0.2, 0.25) is 17.7 Å². The third-order valence-corrected chi connectivity index (χ3v) is 5.49. The van der Waals surface area contributed by atoms with Crippen molar-refractivity contribution in [2.24, 2.45) is 5.73 Å². The summed E-state index contributed by atoms with van der Waals surface area (Å²) in [4.78, 5) is 49.7. The van der Waals surface area contributed by atoms with Gasteiger partial charge in [-0.25, -0.2) is 0 Å². The first-order valence-electron chi connectivity index (χ1n) is 10.8. The average Bonchev–Trinajstić information content (AvgIpc) is 2.83. The maximum atomic E-state index is 13.2. The van der Waals surface area contributed by atoms with Gasteiger partial charge in [0, 0.05) is 18.6 Å². The van der Waals surface area contributed by atoms with E-state index >= 15 is 0 Å². The van der Waals surface area contributed by atoms with E-state index in [0.29, 0.717) is 0 Å². The van der Waals surface area contributed by atoms with Gasteiger partial charge in [-0.2, -0.15) is 12.6 Å². The van der Waals surface area contributed by atoms with Crippen molar-refractivity contribution in [2.75, 3.05) is 5.75 Å². The Morgan fingerprint density at radius 1 is 0.794 bits per heavy atom. The second kappa shape index (κ2) is 13.4. The first kappa shape index (κ1) is 26.9. The Bertz CT molecular complexity index is 974. The molecular formula is C24H30N4O5S. The molecule has 34 heavy (non-hydrogen) atoms. The Morgan fingerprint density at radius 3 is 1.62 bits per heavy atom. The van der Waals surface area contributed by atoms with Crippen molar-refractivity contribution >= 4 is 36.3 Å². The first-order chi connectivity index (χ1) is 16.2. The molecule has 6 N–H and O–H groups in total. The second-order valence-corrected chi connectivity index (χ2v) is 8.22. The van der Waals surface area contributed by atoms with Gasteiger partial charge in [0.25, 0.3) is 0 Å². The molecule has 0 fully saturated rings. The monoisotopic (exact) mass is 486 g/mol. The van der Waals surface area contributed by atoms with E-state index in [0.717, 1.165) is 11.1 Å². The molecule has 4 atom stereocenters. The van der Waals surface area contributed by atoms with Crippen molar-refractivity contribution in [1.82, 2.24) is 16.0 Å². The van der Waals surface area contributed by atoms with Crippen molar-refractivity contribution in [3.8, 4) is 0 Å². The van der Waals surface area contributed by atoms with Gasteiger partial charge in [-0.3, -0.25) is 19.2 Å². The van der Waals surface area contributed by atoms with Crippen LogP contribution in [0.2, 0.25) is 0 Å². The van der Waals surface area contributed by atoms with E-state index in [1.54, 1.807) is 24.3 Å². The lowest BCUT2D eigenvalue weighted by Crippen LogP contribution is -2.58. The molecule has 0 radical (unpaired) electrons. The van der Waals surface area contributed by atoms with Crippen LogP contribution in [0.1, 0.15) is 18.1 Å². The summed E-state index contributed by atoms with van der Waals surface area (Å²) < 4.78 is 0. The van der Waals surface area contributed by atoms with Crippen molar-refractivity contribution in [3.63, 3.8) is 0 Å². The molecule has 0 saturated carbocycles. The summed E-state index contributed by atoms with van der Waals surface area (Å²) in [6, 6.07) is 13.9. The van der Waals surface area contributed by atoms with Gasteiger partial charge >= 0.3 is 5.97 Å². The number of carbonyl (C=O) groups excluding carboxylic acids is 3. The van der Waals surface area contributed by atoms with Gasteiger partial charge in [-0.05, 0) is 18.1 Å². The Balaban J connectivity index is 2.25. The van der Waals surface area contributed by atoms with E-state index < -0.39 is 47.9 Å². The number of aliphatic carboxylic acids is 1. The number of carboxylic acids is 1. The molecule has 9 nitrogen and oxygen atoms in total. The standard InChI is InChI=1S/C24H30N4O5S/c1-15(24(32)33)26-22(30)19(12-16-8-4-2-5-9-16)28-23(31)20(27-21(29)18(25)14-34)13-17-10-6-3-7-11-17/h2-11,15,18-20,34H,12-14,25H2,1H3,(H,26,30)(H,27,29)(H,28,31)(H,32,33). The van der Waals surface area contributed by atoms with Crippen LogP contribution in [-0.4, -0.2) is 58.7 Å². The summed E-state index contributed by atoms with van der Waals surface area (Å²) in [6.07, 6.45) is 0.301. The van der Waals surface area contributed by atoms with Crippen molar-refractivity contribution < 1.29 is 24.3 Å². The summed E-state index contributed by atoms with van der Waals surface area (Å²) in [5, 5.41) is 16.8. The van der Waals surface area contributed by atoms with Crippen LogP contribution in [0.5, 0.6) is 0 Å². The zero-order valence-electron chi connectivity index (χ0n) is 18.8. The molecule has 0 aromatic heterocycles. The lowest BCUT2D eigenvalue weighted by atomic mass is 10.0. The van der Waals surface area contributed by atoms with Crippen LogP contribution in [0, 0.1) is 0 Å². The second-order valence-electron chi connectivity index (χ2n) is 7.86. The summed E-state index contributed by atoms with van der Waals surface area (Å²) in [6.45, 7) is 1.33. The summed E-state index contributed by atoms with van der Waals surface area (Å²) in [5.74, 6) is -2.90. The first-order valence-corrected chi connectivity index (χ1v) is 11.4. The highest BCUT2D eigenvalue weighted by atomic mass is 32.1. The van der Waals surface area contributed by atoms with Crippen LogP contribution in [-0.2, 0) is 32.0 Å². The molecule has 4 unspecified atom stereocenters. The molecular weight excluding hydrogens is 456 g/mol. The molecule has 0 saturated heterocycles. The van der Waals surface area contributed by atoms with E-state index in [1.807, 2.05) is 36.4 Å². The lowest BCUT2D eigenvalue weighted by Gasteiger charge is -2.25. The highest BCUT2D eigenvalue weighted by Gasteiger charge is 2.29. The largest absolute Gasteiger partial charge is 0.480 e. The van der Waals surface area contributed by atoms with E-state index in [4.69, 9.17) is 10.8 Å². The van der Waals surface area contributed by atoms with Crippen LogP contribution in [0.3, 0.4) is 0 Å². The number of hydrogen-bond donors (Lipinski definition) is 6. The minimum absolute atomic E-state index is 0.0949. The van der Waals surface area contributed by atoms with Gasteiger partial charge in [0.15, 0.2) is 0 Å². The normalized spacial score (nSPS) is 14.2. The SMILES string of the molecule is CC(NC(=O)C(Cc1ccccc1)NC(=O)C(Cc1ccccc1)NC(=O)C(N)CS)C(=O)O. The van der Waals surface area contributed by atoms with Crippen molar-refractivity contribution in [2.45, 2.75) is 43.9 Å². The quantitative estimate of drug-likeness (QED) is 0.237. The third-order valence-electron chi connectivity index (χ3n) is 5.09. The minimum Gasteiger partial charge on any atom is -0.480 e.